The van der Waals surface area contributed by atoms with Gasteiger partial charge in [0.05, 0.1) is 12.8 Å². The van der Waals surface area contributed by atoms with Gasteiger partial charge < -0.3 is 9.32 Å². The minimum Gasteiger partial charge on any atom is -0.467 e. The van der Waals surface area contributed by atoms with Crippen LogP contribution in [-0.2, 0) is 17.9 Å². The molecule has 0 spiro atoms. The van der Waals surface area contributed by atoms with Crippen LogP contribution in [0.2, 0.25) is 0 Å². The summed E-state index contributed by atoms with van der Waals surface area (Å²) >= 11 is 5.23. The van der Waals surface area contributed by atoms with Gasteiger partial charge in [-0.2, -0.15) is 0 Å². The van der Waals surface area contributed by atoms with Gasteiger partial charge in [-0.05, 0) is 23.8 Å². The first-order valence-electron chi connectivity index (χ1n) is 5.65. The quantitative estimate of drug-likeness (QED) is 0.792. The fourth-order valence-corrected chi connectivity index (χ4v) is 1.79. The summed E-state index contributed by atoms with van der Waals surface area (Å²) < 4.78 is 18.2. The van der Waals surface area contributed by atoms with Crippen LogP contribution < -0.4 is 0 Å². The summed E-state index contributed by atoms with van der Waals surface area (Å²) in [5, 5.41) is 0. The Balaban J connectivity index is 2.12. The summed E-state index contributed by atoms with van der Waals surface area (Å²) in [5.74, 6) is -0.225. The van der Waals surface area contributed by atoms with Gasteiger partial charge in [-0.15, -0.1) is 0 Å². The van der Waals surface area contributed by atoms with Crippen LogP contribution in [0.3, 0.4) is 0 Å². The second-order valence-corrected chi connectivity index (χ2v) is 4.32. The number of hydrogen-bond donors (Lipinski definition) is 0. The molecule has 1 atom stereocenters. The Morgan fingerprint density at radius 1 is 1.42 bits per heavy atom. The molecule has 6 heteroatoms. The van der Waals surface area contributed by atoms with E-state index in [1.54, 1.807) is 36.7 Å². The van der Waals surface area contributed by atoms with E-state index >= 15 is 0 Å². The van der Waals surface area contributed by atoms with Crippen molar-refractivity contribution in [2.75, 3.05) is 0 Å². The number of nitrogens with zero attached hydrogens (tertiary/aromatic N) is 2. The second kappa shape index (κ2) is 6.33. The van der Waals surface area contributed by atoms with Gasteiger partial charge in [0.15, 0.2) is 0 Å². The summed E-state index contributed by atoms with van der Waals surface area (Å²) in [7, 11) is 0. The molecule has 2 rings (SSSR count). The SMILES string of the molecule is O=C(C(F)Cl)N(Cc1cccnc1)Cc1ccco1. The maximum absolute atomic E-state index is 13.0. The van der Waals surface area contributed by atoms with E-state index in [2.05, 4.69) is 4.98 Å². The summed E-state index contributed by atoms with van der Waals surface area (Å²) in [6, 6.07) is 6.97. The number of pyridine rings is 1. The molecule has 0 saturated carbocycles. The van der Waals surface area contributed by atoms with Gasteiger partial charge in [0.25, 0.3) is 11.5 Å². The Morgan fingerprint density at radius 3 is 2.84 bits per heavy atom. The molecular formula is C13H12ClFN2O2. The molecule has 0 radical (unpaired) electrons. The molecule has 100 valence electrons. The molecule has 1 amide bonds. The van der Waals surface area contributed by atoms with E-state index in [9.17, 15) is 9.18 Å². The number of alkyl halides is 2. The van der Waals surface area contributed by atoms with Gasteiger partial charge >= 0.3 is 0 Å². The fourth-order valence-electron chi connectivity index (χ4n) is 1.65. The van der Waals surface area contributed by atoms with Crippen molar-refractivity contribution in [1.29, 1.82) is 0 Å². The monoisotopic (exact) mass is 282 g/mol. The molecule has 0 N–H and O–H groups in total. The first-order chi connectivity index (χ1) is 9.16. The van der Waals surface area contributed by atoms with Gasteiger partial charge in [0, 0.05) is 18.9 Å². The third-order valence-corrected chi connectivity index (χ3v) is 2.71. The lowest BCUT2D eigenvalue weighted by Gasteiger charge is -2.21. The molecule has 2 heterocycles. The molecular weight excluding hydrogens is 271 g/mol. The highest BCUT2D eigenvalue weighted by atomic mass is 35.5. The predicted molar refractivity (Wildman–Crippen MR) is 67.9 cm³/mol. The number of hydrogen-bond acceptors (Lipinski definition) is 3. The number of rotatable bonds is 5. The first-order valence-corrected chi connectivity index (χ1v) is 6.08. The zero-order valence-electron chi connectivity index (χ0n) is 10.00. The van der Waals surface area contributed by atoms with Crippen LogP contribution in [0.5, 0.6) is 0 Å². The molecule has 0 bridgehead atoms. The maximum Gasteiger partial charge on any atom is 0.273 e. The van der Waals surface area contributed by atoms with Crippen LogP contribution in [0.15, 0.2) is 47.3 Å². The van der Waals surface area contributed by atoms with Crippen molar-refractivity contribution < 1.29 is 13.6 Å². The Kier molecular flexibility index (Phi) is 4.52. The lowest BCUT2D eigenvalue weighted by atomic mass is 10.2. The summed E-state index contributed by atoms with van der Waals surface area (Å²) in [6.07, 6.45) is 4.74. The van der Waals surface area contributed by atoms with E-state index in [4.69, 9.17) is 16.0 Å². The summed E-state index contributed by atoms with van der Waals surface area (Å²) in [4.78, 5) is 17.0. The summed E-state index contributed by atoms with van der Waals surface area (Å²) in [5.41, 5.74) is -1.27. The van der Waals surface area contributed by atoms with Crippen LogP contribution in [0.4, 0.5) is 4.39 Å². The van der Waals surface area contributed by atoms with Gasteiger partial charge in [-0.25, -0.2) is 4.39 Å². The second-order valence-electron chi connectivity index (χ2n) is 3.94. The fraction of sp³-hybridized carbons (Fsp3) is 0.231. The minimum atomic E-state index is -2.06. The Hall–Kier alpha value is -1.88. The van der Waals surface area contributed by atoms with E-state index < -0.39 is 11.5 Å². The molecule has 2 aromatic heterocycles. The molecule has 0 saturated heterocycles. The molecule has 0 fully saturated rings. The summed E-state index contributed by atoms with van der Waals surface area (Å²) in [6.45, 7) is 0.383. The van der Waals surface area contributed by atoms with Crippen LogP contribution in [-0.4, -0.2) is 21.4 Å². The van der Waals surface area contributed by atoms with Gasteiger partial charge in [0.1, 0.15) is 5.76 Å². The zero-order chi connectivity index (χ0) is 13.7. The molecule has 19 heavy (non-hydrogen) atoms. The lowest BCUT2D eigenvalue weighted by Crippen LogP contribution is -2.34. The van der Waals surface area contributed by atoms with E-state index in [0.717, 1.165) is 5.56 Å². The number of carbonyl (C=O) groups is 1. The Morgan fingerprint density at radius 2 is 2.26 bits per heavy atom. The van der Waals surface area contributed by atoms with Gasteiger partial charge in [-0.1, -0.05) is 17.7 Å². The van der Waals surface area contributed by atoms with Crippen molar-refractivity contribution in [1.82, 2.24) is 9.88 Å². The average molecular weight is 283 g/mol. The van der Waals surface area contributed by atoms with E-state index in [-0.39, 0.29) is 13.1 Å². The van der Waals surface area contributed by atoms with Crippen molar-refractivity contribution >= 4 is 17.5 Å². The van der Waals surface area contributed by atoms with Crippen molar-refractivity contribution in [2.24, 2.45) is 0 Å². The average Bonchev–Trinajstić information content (AvgIpc) is 2.91. The largest absolute Gasteiger partial charge is 0.467 e. The highest BCUT2D eigenvalue weighted by Gasteiger charge is 2.22. The van der Waals surface area contributed by atoms with Crippen molar-refractivity contribution in [2.45, 2.75) is 18.7 Å². The van der Waals surface area contributed by atoms with Gasteiger partial charge in [-0.3, -0.25) is 9.78 Å². The van der Waals surface area contributed by atoms with Crippen molar-refractivity contribution in [3.05, 3.63) is 54.2 Å². The lowest BCUT2D eigenvalue weighted by molar-refractivity contribution is -0.135. The van der Waals surface area contributed by atoms with Crippen molar-refractivity contribution in [3.63, 3.8) is 0 Å². The maximum atomic E-state index is 13.0. The normalized spacial score (nSPS) is 12.1. The first kappa shape index (κ1) is 13.5. The molecule has 0 aromatic carbocycles. The van der Waals surface area contributed by atoms with E-state index in [0.29, 0.717) is 5.76 Å². The molecule has 0 aliphatic rings. The number of aromatic nitrogens is 1. The highest BCUT2D eigenvalue weighted by Crippen LogP contribution is 2.13. The minimum absolute atomic E-state index is 0.161. The van der Waals surface area contributed by atoms with Gasteiger partial charge in [0.2, 0.25) is 0 Å². The number of halogens is 2. The van der Waals surface area contributed by atoms with E-state index in [1.165, 1.54) is 11.2 Å². The third-order valence-electron chi connectivity index (χ3n) is 2.52. The zero-order valence-corrected chi connectivity index (χ0v) is 10.8. The predicted octanol–water partition coefficient (Wildman–Crippen LogP) is 2.74. The van der Waals surface area contributed by atoms with Crippen molar-refractivity contribution in [3.8, 4) is 0 Å². The van der Waals surface area contributed by atoms with Crippen LogP contribution >= 0.6 is 11.6 Å². The molecule has 1 unspecified atom stereocenters. The molecule has 2 aromatic rings. The highest BCUT2D eigenvalue weighted by molar-refractivity contribution is 6.29. The van der Waals surface area contributed by atoms with Crippen LogP contribution in [0.1, 0.15) is 11.3 Å². The molecule has 0 aliphatic heterocycles. The Bertz CT molecular complexity index is 517. The number of carbonyl (C=O) groups excluding carboxylic acids is 1. The van der Waals surface area contributed by atoms with Crippen LogP contribution in [0.25, 0.3) is 0 Å². The topological polar surface area (TPSA) is 46.3 Å². The molecule has 0 aliphatic carbocycles. The molecule has 4 nitrogen and oxygen atoms in total. The Labute approximate surface area is 114 Å². The standard InChI is InChI=1S/C13H12ClFN2O2/c14-12(15)13(18)17(9-11-4-2-6-19-11)8-10-3-1-5-16-7-10/h1-7,12H,8-9H2. The third kappa shape index (κ3) is 3.79. The van der Waals surface area contributed by atoms with E-state index in [1.807, 2.05) is 0 Å². The smallest absolute Gasteiger partial charge is 0.273 e. The van der Waals surface area contributed by atoms with Crippen LogP contribution in [0, 0.1) is 0 Å². The number of amides is 1. The number of furan rings is 1.